The van der Waals surface area contributed by atoms with Crippen molar-refractivity contribution in [2.45, 2.75) is 26.2 Å². The molecule has 154 valence electrons. The molecule has 7 nitrogen and oxygen atoms in total. The van der Waals surface area contributed by atoms with E-state index in [1.165, 1.54) is 12.0 Å². The lowest BCUT2D eigenvalue weighted by molar-refractivity contribution is -0.137. The van der Waals surface area contributed by atoms with Crippen LogP contribution in [0.3, 0.4) is 0 Å². The third kappa shape index (κ3) is 4.91. The number of rotatable bonds is 12. The predicted molar refractivity (Wildman–Crippen MR) is 107 cm³/mol. The van der Waals surface area contributed by atoms with Gasteiger partial charge in [-0.15, -0.1) is 0 Å². The van der Waals surface area contributed by atoms with E-state index >= 15 is 0 Å². The fourth-order valence-electron chi connectivity index (χ4n) is 3.15. The molecule has 1 aromatic rings. The fraction of sp³-hybridized carbons (Fsp3) is 0.524. The molecule has 0 saturated carbocycles. The monoisotopic (exact) mass is 390 g/mol. The summed E-state index contributed by atoms with van der Waals surface area (Å²) < 4.78 is 10.9. The number of hydrogen-bond donors (Lipinski definition) is 1. The molecular weight excluding hydrogens is 360 g/mol. The maximum absolute atomic E-state index is 13.1. The molecule has 0 bridgehead atoms. The van der Waals surface area contributed by atoms with Crippen molar-refractivity contribution >= 4 is 17.4 Å². The minimum absolute atomic E-state index is 0.119. The van der Waals surface area contributed by atoms with E-state index in [1.54, 1.807) is 30.1 Å². The highest BCUT2D eigenvalue weighted by molar-refractivity contribution is 6.36. The zero-order valence-corrected chi connectivity index (χ0v) is 16.9. The quantitative estimate of drug-likeness (QED) is 0.434. The van der Waals surface area contributed by atoms with Crippen molar-refractivity contribution < 1.29 is 24.2 Å². The Labute approximate surface area is 166 Å². The Hall–Kier alpha value is -2.38. The van der Waals surface area contributed by atoms with E-state index in [9.17, 15) is 14.7 Å². The van der Waals surface area contributed by atoms with Gasteiger partial charge in [-0.05, 0) is 18.9 Å². The van der Waals surface area contributed by atoms with E-state index in [0.29, 0.717) is 43.1 Å². The number of hydrogen-bond acceptors (Lipinski definition) is 6. The van der Waals surface area contributed by atoms with Gasteiger partial charge in [-0.2, -0.15) is 0 Å². The highest BCUT2D eigenvalue weighted by Crippen LogP contribution is 2.35. The van der Waals surface area contributed by atoms with Crippen LogP contribution in [0, 0.1) is 0 Å². The van der Waals surface area contributed by atoms with Crippen molar-refractivity contribution in [2.24, 2.45) is 0 Å². The summed E-state index contributed by atoms with van der Waals surface area (Å²) in [5, 5.41) is 9.30. The number of imide groups is 1. The summed E-state index contributed by atoms with van der Waals surface area (Å²) in [4.78, 5) is 29.0. The van der Waals surface area contributed by atoms with Crippen molar-refractivity contribution in [3.8, 4) is 5.75 Å². The minimum atomic E-state index is -0.351. The van der Waals surface area contributed by atoms with E-state index in [-0.39, 0.29) is 30.7 Å². The van der Waals surface area contributed by atoms with Crippen LogP contribution < -0.4 is 4.74 Å². The topological polar surface area (TPSA) is 79.3 Å². The van der Waals surface area contributed by atoms with Crippen LogP contribution in [0.25, 0.3) is 5.57 Å². The molecule has 0 radical (unpaired) electrons. The number of ether oxygens (including phenoxy) is 2. The molecule has 7 heteroatoms. The first kappa shape index (κ1) is 21.9. The number of methoxy groups -OCH3 is 1. The van der Waals surface area contributed by atoms with Gasteiger partial charge >= 0.3 is 0 Å². The molecule has 28 heavy (non-hydrogen) atoms. The zero-order valence-electron chi connectivity index (χ0n) is 16.9. The van der Waals surface area contributed by atoms with Crippen LogP contribution in [-0.2, 0) is 14.3 Å². The Morgan fingerprint density at radius 2 is 1.82 bits per heavy atom. The molecule has 0 saturated heterocycles. The third-order valence-electron chi connectivity index (χ3n) is 4.65. The number of amides is 2. The molecule has 1 heterocycles. The number of likely N-dealkylation sites (N-methyl/N-ethyl adjacent to an activating group) is 1. The third-order valence-corrected chi connectivity index (χ3v) is 4.65. The second kappa shape index (κ2) is 10.8. The van der Waals surface area contributed by atoms with Crippen LogP contribution in [0.1, 0.15) is 31.7 Å². The number of aliphatic hydroxyl groups excluding tert-OH is 1. The van der Waals surface area contributed by atoms with Crippen molar-refractivity contribution in [3.05, 3.63) is 35.5 Å². The van der Waals surface area contributed by atoms with Gasteiger partial charge in [0.25, 0.3) is 11.8 Å². The van der Waals surface area contributed by atoms with Crippen molar-refractivity contribution in [1.82, 2.24) is 9.80 Å². The molecule has 2 amide bonds. The largest absolute Gasteiger partial charge is 0.496 e. The Kier molecular flexibility index (Phi) is 8.47. The molecule has 2 rings (SSSR count). The number of nitrogens with zero attached hydrogens (tertiary/aromatic N) is 2. The zero-order chi connectivity index (χ0) is 20.5. The first-order valence-electron chi connectivity index (χ1n) is 9.70. The summed E-state index contributed by atoms with van der Waals surface area (Å²) in [5.74, 6) is -0.170. The number of para-hydroxylation sites is 1. The lowest BCUT2D eigenvalue weighted by Crippen LogP contribution is -2.36. The SMILES string of the molecule is CCCCOCCCN1C(=O)C(c2ccccc2OC)=C(N(C)CCO)C1=O. The molecule has 1 aromatic carbocycles. The summed E-state index contributed by atoms with van der Waals surface area (Å²) in [6, 6.07) is 7.14. The van der Waals surface area contributed by atoms with E-state index in [0.717, 1.165) is 12.8 Å². The van der Waals surface area contributed by atoms with E-state index in [4.69, 9.17) is 9.47 Å². The Bertz CT molecular complexity index is 717. The van der Waals surface area contributed by atoms with E-state index < -0.39 is 0 Å². The molecule has 0 fully saturated rings. The van der Waals surface area contributed by atoms with Crippen LogP contribution in [0.15, 0.2) is 30.0 Å². The maximum atomic E-state index is 13.1. The second-order valence-electron chi connectivity index (χ2n) is 6.65. The standard InChI is InChI=1S/C21H30N2O5/c1-4-5-14-28-15-8-11-23-20(25)18(16-9-6-7-10-17(16)27-3)19(21(23)26)22(2)12-13-24/h6-7,9-10,24H,4-5,8,11-15H2,1-3H3. The van der Waals surface area contributed by atoms with Gasteiger partial charge in [0.15, 0.2) is 0 Å². The highest BCUT2D eigenvalue weighted by Gasteiger charge is 2.41. The minimum Gasteiger partial charge on any atom is -0.496 e. The summed E-state index contributed by atoms with van der Waals surface area (Å²) in [6.07, 6.45) is 2.64. The number of carbonyl (C=O) groups is 2. The lowest BCUT2D eigenvalue weighted by Gasteiger charge is -2.20. The summed E-state index contributed by atoms with van der Waals surface area (Å²) >= 11 is 0. The first-order valence-corrected chi connectivity index (χ1v) is 9.70. The second-order valence-corrected chi connectivity index (χ2v) is 6.65. The molecule has 0 unspecified atom stereocenters. The number of benzene rings is 1. The van der Waals surface area contributed by atoms with Gasteiger partial charge in [0, 0.05) is 38.9 Å². The summed E-state index contributed by atoms with van der Waals surface area (Å²) in [5.41, 5.74) is 1.17. The van der Waals surface area contributed by atoms with Crippen LogP contribution >= 0.6 is 0 Å². The van der Waals surface area contributed by atoms with Crippen molar-refractivity contribution in [3.63, 3.8) is 0 Å². The number of carbonyl (C=O) groups excluding carboxylic acids is 2. The summed E-state index contributed by atoms with van der Waals surface area (Å²) in [7, 11) is 3.23. The van der Waals surface area contributed by atoms with Gasteiger partial charge in [-0.3, -0.25) is 14.5 Å². The molecule has 0 atom stereocenters. The maximum Gasteiger partial charge on any atom is 0.277 e. The first-order chi connectivity index (χ1) is 13.6. The predicted octanol–water partition coefficient (Wildman–Crippen LogP) is 1.91. The van der Waals surface area contributed by atoms with Crippen LogP contribution in [0.5, 0.6) is 5.75 Å². The smallest absolute Gasteiger partial charge is 0.277 e. The van der Waals surface area contributed by atoms with Gasteiger partial charge in [-0.25, -0.2) is 0 Å². The van der Waals surface area contributed by atoms with Crippen LogP contribution in [0.4, 0.5) is 0 Å². The molecular formula is C21H30N2O5. The van der Waals surface area contributed by atoms with Gasteiger partial charge in [0.05, 0.1) is 19.3 Å². The molecule has 1 aliphatic rings. The molecule has 0 aliphatic carbocycles. The highest BCUT2D eigenvalue weighted by atomic mass is 16.5. The van der Waals surface area contributed by atoms with Gasteiger partial charge in [0.2, 0.25) is 0 Å². The summed E-state index contributed by atoms with van der Waals surface area (Å²) in [6.45, 7) is 3.71. The van der Waals surface area contributed by atoms with E-state index in [2.05, 4.69) is 6.92 Å². The fourth-order valence-corrected chi connectivity index (χ4v) is 3.15. The molecule has 1 aliphatic heterocycles. The Morgan fingerprint density at radius 1 is 1.11 bits per heavy atom. The Morgan fingerprint density at radius 3 is 2.50 bits per heavy atom. The number of unbranched alkanes of at least 4 members (excludes halogenated alkanes) is 1. The molecule has 0 spiro atoms. The van der Waals surface area contributed by atoms with Gasteiger partial charge in [-0.1, -0.05) is 31.5 Å². The van der Waals surface area contributed by atoms with Gasteiger partial charge in [0.1, 0.15) is 11.4 Å². The molecule has 1 N–H and O–H groups in total. The van der Waals surface area contributed by atoms with Gasteiger partial charge < -0.3 is 19.5 Å². The average molecular weight is 390 g/mol. The average Bonchev–Trinajstić information content (AvgIpc) is 2.95. The number of aliphatic hydroxyl groups is 1. The lowest BCUT2D eigenvalue weighted by atomic mass is 10.0. The molecule has 0 aromatic heterocycles. The van der Waals surface area contributed by atoms with Crippen LogP contribution in [0.2, 0.25) is 0 Å². The Balaban J connectivity index is 2.25. The van der Waals surface area contributed by atoms with Crippen molar-refractivity contribution in [2.75, 3.05) is 47.1 Å². The van der Waals surface area contributed by atoms with Crippen LogP contribution in [-0.4, -0.2) is 73.8 Å². The van der Waals surface area contributed by atoms with E-state index in [1.807, 2.05) is 6.07 Å². The van der Waals surface area contributed by atoms with Crippen molar-refractivity contribution in [1.29, 1.82) is 0 Å². The normalized spacial score (nSPS) is 14.2.